The van der Waals surface area contributed by atoms with Gasteiger partial charge in [0.15, 0.2) is 0 Å². The summed E-state index contributed by atoms with van der Waals surface area (Å²) in [5, 5.41) is 9.51. The second-order valence-corrected chi connectivity index (χ2v) is 5.00. The molecule has 5 heteroatoms. The van der Waals surface area contributed by atoms with E-state index in [0.29, 0.717) is 18.5 Å². The van der Waals surface area contributed by atoms with Crippen molar-refractivity contribution in [2.24, 2.45) is 0 Å². The van der Waals surface area contributed by atoms with Gasteiger partial charge in [0.25, 0.3) is 0 Å². The fourth-order valence-electron chi connectivity index (χ4n) is 1.65. The van der Waals surface area contributed by atoms with Crippen molar-refractivity contribution in [1.82, 2.24) is 16.0 Å². The largest absolute Gasteiger partial charge is 0.351 e. The normalized spacial score (nSPS) is 28.1. The van der Waals surface area contributed by atoms with Crippen molar-refractivity contribution in [3.05, 3.63) is 0 Å². The summed E-state index contributed by atoms with van der Waals surface area (Å²) in [6.45, 7) is 2.89. The van der Waals surface area contributed by atoms with Crippen molar-refractivity contribution in [3.63, 3.8) is 0 Å². The quantitative estimate of drug-likeness (QED) is 0.575. The number of rotatable bonds is 3. The van der Waals surface area contributed by atoms with E-state index in [2.05, 4.69) is 16.0 Å². The van der Waals surface area contributed by atoms with Crippen molar-refractivity contribution in [2.75, 3.05) is 31.1 Å². The molecule has 1 atom stereocenters. The first-order valence-corrected chi connectivity index (χ1v) is 6.31. The van der Waals surface area contributed by atoms with Gasteiger partial charge in [-0.1, -0.05) is 0 Å². The molecule has 0 saturated carbocycles. The van der Waals surface area contributed by atoms with Crippen molar-refractivity contribution in [1.29, 1.82) is 0 Å². The molecule has 2 aliphatic rings. The van der Waals surface area contributed by atoms with Crippen molar-refractivity contribution in [2.45, 2.75) is 18.5 Å². The van der Waals surface area contributed by atoms with E-state index in [1.54, 1.807) is 0 Å². The van der Waals surface area contributed by atoms with Gasteiger partial charge in [0.1, 0.15) is 0 Å². The molecule has 3 N–H and O–H groups in total. The molecule has 2 heterocycles. The third kappa shape index (κ3) is 2.87. The highest BCUT2D eigenvalue weighted by molar-refractivity contribution is 7.99. The topological polar surface area (TPSA) is 53.2 Å². The predicted octanol–water partition coefficient (Wildman–Crippen LogP) is -0.830. The highest BCUT2D eigenvalue weighted by Gasteiger charge is 2.21. The van der Waals surface area contributed by atoms with Crippen LogP contribution in [0, 0.1) is 0 Å². The minimum absolute atomic E-state index is 0.191. The average Bonchev–Trinajstić information content (AvgIpc) is 2.13. The summed E-state index contributed by atoms with van der Waals surface area (Å²) < 4.78 is 0. The van der Waals surface area contributed by atoms with Gasteiger partial charge in [-0.2, -0.15) is 11.8 Å². The maximum Gasteiger partial charge on any atom is 0.221 e. The Morgan fingerprint density at radius 2 is 2.36 bits per heavy atom. The maximum absolute atomic E-state index is 11.5. The molecule has 0 bridgehead atoms. The van der Waals surface area contributed by atoms with Crippen LogP contribution in [-0.4, -0.2) is 49.1 Å². The van der Waals surface area contributed by atoms with Gasteiger partial charge >= 0.3 is 0 Å². The van der Waals surface area contributed by atoms with Crippen LogP contribution in [0.2, 0.25) is 0 Å². The average molecular weight is 215 g/mol. The number of carbonyl (C=O) groups is 1. The van der Waals surface area contributed by atoms with Crippen LogP contribution in [0.1, 0.15) is 6.42 Å². The molecule has 2 fully saturated rings. The van der Waals surface area contributed by atoms with Gasteiger partial charge in [-0.15, -0.1) is 0 Å². The van der Waals surface area contributed by atoms with E-state index in [9.17, 15) is 4.79 Å². The molecule has 0 spiro atoms. The van der Waals surface area contributed by atoms with Gasteiger partial charge in [0.05, 0.1) is 6.04 Å². The third-order valence-electron chi connectivity index (χ3n) is 2.58. The van der Waals surface area contributed by atoms with Crippen LogP contribution >= 0.6 is 11.8 Å². The second-order valence-electron chi connectivity index (χ2n) is 3.85. The lowest BCUT2D eigenvalue weighted by Crippen LogP contribution is -2.57. The molecule has 80 valence electrons. The van der Waals surface area contributed by atoms with E-state index in [4.69, 9.17) is 0 Å². The smallest absolute Gasteiger partial charge is 0.221 e. The summed E-state index contributed by atoms with van der Waals surface area (Å²) in [5.41, 5.74) is 0. The van der Waals surface area contributed by atoms with Crippen LogP contribution in [0.5, 0.6) is 0 Å². The zero-order valence-corrected chi connectivity index (χ0v) is 9.03. The van der Waals surface area contributed by atoms with E-state index in [0.717, 1.165) is 25.4 Å². The van der Waals surface area contributed by atoms with Crippen LogP contribution in [0.15, 0.2) is 0 Å². The molecule has 1 unspecified atom stereocenters. The molecule has 0 aromatic carbocycles. The van der Waals surface area contributed by atoms with Gasteiger partial charge in [-0.25, -0.2) is 0 Å². The number of nitrogens with one attached hydrogen (secondary N) is 3. The fraction of sp³-hybridized carbons (Fsp3) is 0.889. The molecular formula is C9H17N3OS. The molecule has 0 radical (unpaired) electrons. The van der Waals surface area contributed by atoms with E-state index >= 15 is 0 Å². The van der Waals surface area contributed by atoms with Crippen LogP contribution in [0.4, 0.5) is 0 Å². The SMILES string of the molecule is O=C(CC1CSCCN1)NC1CNC1. The lowest BCUT2D eigenvalue weighted by atomic mass is 10.1. The first-order valence-electron chi connectivity index (χ1n) is 5.16. The van der Waals surface area contributed by atoms with E-state index < -0.39 is 0 Å². The Labute approximate surface area is 88.6 Å². The summed E-state index contributed by atoms with van der Waals surface area (Å²) in [5.74, 6) is 2.43. The van der Waals surface area contributed by atoms with Gasteiger partial charge < -0.3 is 16.0 Å². The molecule has 2 aliphatic heterocycles. The minimum Gasteiger partial charge on any atom is -0.351 e. The van der Waals surface area contributed by atoms with Crippen molar-refractivity contribution in [3.8, 4) is 0 Å². The van der Waals surface area contributed by atoms with Gasteiger partial charge in [-0.05, 0) is 0 Å². The zero-order valence-electron chi connectivity index (χ0n) is 8.21. The van der Waals surface area contributed by atoms with Crippen LogP contribution < -0.4 is 16.0 Å². The number of hydrogen-bond acceptors (Lipinski definition) is 4. The Kier molecular flexibility index (Phi) is 3.67. The molecule has 1 amide bonds. The standard InChI is InChI=1S/C9H17N3OS/c13-9(12-8-4-10-5-8)3-7-6-14-2-1-11-7/h7-8,10-11H,1-6H2,(H,12,13). The Balaban J connectivity index is 1.64. The second kappa shape index (κ2) is 5.00. The lowest BCUT2D eigenvalue weighted by Gasteiger charge is -2.29. The lowest BCUT2D eigenvalue weighted by molar-refractivity contribution is -0.122. The summed E-state index contributed by atoms with van der Waals surface area (Å²) in [7, 11) is 0. The highest BCUT2D eigenvalue weighted by Crippen LogP contribution is 2.10. The Morgan fingerprint density at radius 3 is 2.93 bits per heavy atom. The Bertz CT molecular complexity index is 202. The van der Waals surface area contributed by atoms with E-state index in [1.807, 2.05) is 11.8 Å². The Morgan fingerprint density at radius 1 is 1.50 bits per heavy atom. The molecule has 14 heavy (non-hydrogen) atoms. The van der Waals surface area contributed by atoms with E-state index in [1.165, 1.54) is 5.75 Å². The van der Waals surface area contributed by atoms with Crippen molar-refractivity contribution < 1.29 is 4.79 Å². The summed E-state index contributed by atoms with van der Waals surface area (Å²) >= 11 is 1.93. The Hall–Kier alpha value is -0.260. The maximum atomic E-state index is 11.5. The minimum atomic E-state index is 0.191. The number of hydrogen-bond donors (Lipinski definition) is 3. The molecule has 0 aromatic heterocycles. The third-order valence-corrected chi connectivity index (χ3v) is 3.71. The monoisotopic (exact) mass is 215 g/mol. The zero-order chi connectivity index (χ0) is 9.80. The molecular weight excluding hydrogens is 198 g/mol. The van der Waals surface area contributed by atoms with Gasteiger partial charge in [0.2, 0.25) is 5.91 Å². The molecule has 0 aliphatic carbocycles. The highest BCUT2D eigenvalue weighted by atomic mass is 32.2. The molecule has 2 rings (SSSR count). The first-order chi connectivity index (χ1) is 6.84. The number of amides is 1. The fourth-order valence-corrected chi connectivity index (χ4v) is 2.60. The predicted molar refractivity (Wildman–Crippen MR) is 58.5 cm³/mol. The van der Waals surface area contributed by atoms with Crippen molar-refractivity contribution >= 4 is 17.7 Å². The summed E-state index contributed by atoms with van der Waals surface area (Å²) in [6, 6.07) is 0.750. The number of carbonyl (C=O) groups excluding carboxylic acids is 1. The molecule has 0 aromatic rings. The first kappa shape index (κ1) is 10.3. The van der Waals surface area contributed by atoms with Crippen LogP contribution in [0.25, 0.3) is 0 Å². The summed E-state index contributed by atoms with van der Waals surface area (Å²) in [4.78, 5) is 11.5. The van der Waals surface area contributed by atoms with Gasteiger partial charge in [0, 0.05) is 43.6 Å². The summed E-state index contributed by atoms with van der Waals surface area (Å²) in [6.07, 6.45) is 0.628. The van der Waals surface area contributed by atoms with Gasteiger partial charge in [-0.3, -0.25) is 4.79 Å². The van der Waals surface area contributed by atoms with Crippen LogP contribution in [-0.2, 0) is 4.79 Å². The number of thioether (sulfide) groups is 1. The van der Waals surface area contributed by atoms with Crippen LogP contribution in [0.3, 0.4) is 0 Å². The van der Waals surface area contributed by atoms with E-state index in [-0.39, 0.29) is 5.91 Å². The molecule has 4 nitrogen and oxygen atoms in total. The molecule has 2 saturated heterocycles.